The SMILES string of the molecule is CCNc1cc2c(cn1)c(N1CC[C@@H](N(C)C)C1)nn2C1CCC(Oc2nccc(C)c2F)CC1. The standard InChI is InChI=1S/C26H36FN7O/c1-5-28-23-14-22-21(15-30-23)25(33-13-11-19(16-33)32(3)4)31-34(22)18-6-8-20(9-7-18)35-26-24(27)17(2)10-12-29-26/h10,12,14-15,18-20H,5-9,11,13,16H2,1-4H3,(H,28,30)/t18?,19-,20?/m1/s1. The molecule has 1 aliphatic carbocycles. The number of hydrogen-bond donors (Lipinski definition) is 1. The Morgan fingerprint density at radius 1 is 1.17 bits per heavy atom. The monoisotopic (exact) mass is 481 g/mol. The van der Waals surface area contributed by atoms with Crippen LogP contribution < -0.4 is 15.0 Å². The van der Waals surface area contributed by atoms with Crippen LogP contribution in [0.15, 0.2) is 24.5 Å². The number of nitrogens with one attached hydrogen (secondary N) is 1. The zero-order valence-electron chi connectivity index (χ0n) is 21.2. The third-order valence-electron chi connectivity index (χ3n) is 7.44. The van der Waals surface area contributed by atoms with Gasteiger partial charge in [-0.05, 0) is 71.7 Å². The van der Waals surface area contributed by atoms with Gasteiger partial charge in [0, 0.05) is 44.1 Å². The Morgan fingerprint density at radius 2 is 1.97 bits per heavy atom. The lowest BCUT2D eigenvalue weighted by molar-refractivity contribution is 0.120. The minimum Gasteiger partial charge on any atom is -0.472 e. The Balaban J connectivity index is 1.37. The summed E-state index contributed by atoms with van der Waals surface area (Å²) in [5, 5.41) is 9.61. The van der Waals surface area contributed by atoms with Crippen LogP contribution in [0.4, 0.5) is 16.0 Å². The minimum absolute atomic E-state index is 0.0326. The molecule has 3 aromatic heterocycles. The van der Waals surface area contributed by atoms with E-state index in [1.165, 1.54) is 0 Å². The number of aromatic nitrogens is 4. The summed E-state index contributed by atoms with van der Waals surface area (Å²) in [4.78, 5) is 13.5. The van der Waals surface area contributed by atoms with Gasteiger partial charge in [0.05, 0.1) is 16.9 Å². The van der Waals surface area contributed by atoms with E-state index in [9.17, 15) is 4.39 Å². The molecule has 1 saturated carbocycles. The molecule has 8 nitrogen and oxygen atoms in total. The molecular weight excluding hydrogens is 445 g/mol. The van der Waals surface area contributed by atoms with Crippen molar-refractivity contribution in [3.63, 3.8) is 0 Å². The molecule has 4 heterocycles. The highest BCUT2D eigenvalue weighted by molar-refractivity contribution is 5.91. The molecule has 188 valence electrons. The number of ether oxygens (including phenoxy) is 1. The van der Waals surface area contributed by atoms with E-state index in [1.807, 2.05) is 6.20 Å². The quantitative estimate of drug-likeness (QED) is 0.536. The first-order valence-electron chi connectivity index (χ1n) is 12.8. The summed E-state index contributed by atoms with van der Waals surface area (Å²) in [7, 11) is 4.29. The van der Waals surface area contributed by atoms with Gasteiger partial charge in [0.1, 0.15) is 11.9 Å². The molecule has 1 saturated heterocycles. The summed E-state index contributed by atoms with van der Waals surface area (Å²) in [6, 6.07) is 4.60. The Bertz CT molecular complexity index is 1170. The Hall–Kier alpha value is -2.94. The largest absolute Gasteiger partial charge is 0.472 e. The summed E-state index contributed by atoms with van der Waals surface area (Å²) >= 11 is 0. The van der Waals surface area contributed by atoms with Crippen LogP contribution in [0.25, 0.3) is 10.9 Å². The molecule has 0 spiro atoms. The van der Waals surface area contributed by atoms with Crippen LogP contribution in [0, 0.1) is 12.7 Å². The zero-order chi connectivity index (χ0) is 24.5. The molecule has 1 aliphatic heterocycles. The zero-order valence-corrected chi connectivity index (χ0v) is 21.2. The fourth-order valence-corrected chi connectivity index (χ4v) is 5.32. The molecule has 3 aromatic rings. The number of rotatable bonds is 7. The first-order valence-corrected chi connectivity index (χ1v) is 12.8. The molecule has 1 atom stereocenters. The van der Waals surface area contributed by atoms with Gasteiger partial charge in [0.25, 0.3) is 5.88 Å². The molecule has 35 heavy (non-hydrogen) atoms. The van der Waals surface area contributed by atoms with Gasteiger partial charge in [-0.1, -0.05) is 0 Å². The second-order valence-electron chi connectivity index (χ2n) is 10.0. The summed E-state index contributed by atoms with van der Waals surface area (Å²) in [6.07, 6.45) is 8.20. The second-order valence-corrected chi connectivity index (χ2v) is 10.0. The highest BCUT2D eigenvalue weighted by Gasteiger charge is 2.31. The average Bonchev–Trinajstić information content (AvgIpc) is 3.48. The van der Waals surface area contributed by atoms with Crippen LogP contribution in [0.3, 0.4) is 0 Å². The van der Waals surface area contributed by atoms with E-state index in [1.54, 1.807) is 19.2 Å². The van der Waals surface area contributed by atoms with Crippen molar-refractivity contribution in [3.8, 4) is 5.88 Å². The number of aryl methyl sites for hydroxylation is 1. The molecule has 0 radical (unpaired) electrons. The molecule has 2 aliphatic rings. The average molecular weight is 482 g/mol. The lowest BCUT2D eigenvalue weighted by Gasteiger charge is -2.29. The number of anilines is 2. The molecule has 2 fully saturated rings. The van der Waals surface area contributed by atoms with Gasteiger partial charge >= 0.3 is 0 Å². The van der Waals surface area contributed by atoms with Crippen molar-refractivity contribution in [3.05, 3.63) is 35.9 Å². The number of pyridine rings is 2. The second kappa shape index (κ2) is 9.97. The molecule has 0 bridgehead atoms. The highest BCUT2D eigenvalue weighted by Crippen LogP contribution is 2.37. The number of likely N-dealkylation sites (N-methyl/N-ethyl adjacent to an activating group) is 1. The predicted octanol–water partition coefficient (Wildman–Crippen LogP) is 4.41. The van der Waals surface area contributed by atoms with E-state index in [0.717, 1.165) is 74.3 Å². The molecule has 5 rings (SSSR count). The van der Waals surface area contributed by atoms with Gasteiger partial charge in [-0.15, -0.1) is 0 Å². The van der Waals surface area contributed by atoms with Gasteiger partial charge in [0.2, 0.25) is 0 Å². The summed E-state index contributed by atoms with van der Waals surface area (Å²) in [5.74, 6) is 1.66. The fourth-order valence-electron chi connectivity index (χ4n) is 5.32. The number of nitrogens with zero attached hydrogens (tertiary/aromatic N) is 6. The lowest BCUT2D eigenvalue weighted by Crippen LogP contribution is -2.31. The summed E-state index contributed by atoms with van der Waals surface area (Å²) in [5.41, 5.74) is 1.68. The topological polar surface area (TPSA) is 71.3 Å². The van der Waals surface area contributed by atoms with Crippen molar-refractivity contribution >= 4 is 22.5 Å². The van der Waals surface area contributed by atoms with Crippen LogP contribution in [-0.4, -0.2) is 70.5 Å². The molecule has 1 N–H and O–H groups in total. The normalized spacial score (nSPS) is 22.8. The van der Waals surface area contributed by atoms with Gasteiger partial charge in [0.15, 0.2) is 11.6 Å². The van der Waals surface area contributed by atoms with Crippen molar-refractivity contribution < 1.29 is 9.13 Å². The number of fused-ring (bicyclic) bond motifs is 1. The Morgan fingerprint density at radius 3 is 2.69 bits per heavy atom. The van der Waals surface area contributed by atoms with Gasteiger partial charge in [-0.2, -0.15) is 5.10 Å². The Kier molecular flexibility index (Phi) is 6.77. The first-order chi connectivity index (χ1) is 16.9. The molecule has 0 amide bonds. The summed E-state index contributed by atoms with van der Waals surface area (Å²) in [6.45, 7) is 6.61. The maximum Gasteiger partial charge on any atom is 0.250 e. The van der Waals surface area contributed by atoms with Crippen molar-refractivity contribution in [2.75, 3.05) is 43.9 Å². The van der Waals surface area contributed by atoms with Gasteiger partial charge < -0.3 is 19.9 Å². The van der Waals surface area contributed by atoms with Crippen LogP contribution in [0.5, 0.6) is 5.88 Å². The van der Waals surface area contributed by atoms with E-state index >= 15 is 0 Å². The van der Waals surface area contributed by atoms with Crippen LogP contribution >= 0.6 is 0 Å². The molecule has 0 unspecified atom stereocenters. The van der Waals surface area contributed by atoms with E-state index in [4.69, 9.17) is 9.84 Å². The van der Waals surface area contributed by atoms with E-state index < -0.39 is 0 Å². The van der Waals surface area contributed by atoms with Crippen LogP contribution in [-0.2, 0) is 0 Å². The van der Waals surface area contributed by atoms with Crippen molar-refractivity contribution in [1.29, 1.82) is 0 Å². The molecular formula is C26H36FN7O. The molecule has 9 heteroatoms. The van der Waals surface area contributed by atoms with Crippen molar-refractivity contribution in [2.24, 2.45) is 0 Å². The fraction of sp³-hybridized carbons (Fsp3) is 0.577. The maximum absolute atomic E-state index is 14.4. The predicted molar refractivity (Wildman–Crippen MR) is 137 cm³/mol. The number of hydrogen-bond acceptors (Lipinski definition) is 7. The lowest BCUT2D eigenvalue weighted by atomic mass is 9.93. The Labute approximate surface area is 206 Å². The van der Waals surface area contributed by atoms with E-state index in [2.05, 4.69) is 56.9 Å². The van der Waals surface area contributed by atoms with Crippen molar-refractivity contribution in [1.82, 2.24) is 24.6 Å². The third-order valence-corrected chi connectivity index (χ3v) is 7.44. The highest BCUT2D eigenvalue weighted by atomic mass is 19.1. The van der Waals surface area contributed by atoms with E-state index in [0.29, 0.717) is 11.6 Å². The van der Waals surface area contributed by atoms with Gasteiger partial charge in [-0.3, -0.25) is 4.68 Å². The molecule has 0 aromatic carbocycles. The smallest absolute Gasteiger partial charge is 0.250 e. The third kappa shape index (κ3) is 4.78. The number of halogens is 1. The van der Waals surface area contributed by atoms with Crippen molar-refractivity contribution in [2.45, 2.75) is 64.1 Å². The minimum atomic E-state index is -0.359. The first kappa shape index (κ1) is 23.8. The van der Waals surface area contributed by atoms with Gasteiger partial charge in [-0.25, -0.2) is 14.4 Å². The van der Waals surface area contributed by atoms with E-state index in [-0.39, 0.29) is 23.8 Å². The van der Waals surface area contributed by atoms with Crippen LogP contribution in [0.2, 0.25) is 0 Å². The van der Waals surface area contributed by atoms with Crippen LogP contribution in [0.1, 0.15) is 50.6 Å². The maximum atomic E-state index is 14.4. The summed E-state index contributed by atoms with van der Waals surface area (Å²) < 4.78 is 22.5.